The summed E-state index contributed by atoms with van der Waals surface area (Å²) in [6.07, 6.45) is 3.45. The smallest absolute Gasteiger partial charge is 0.163 e. The van der Waals surface area contributed by atoms with Gasteiger partial charge in [-0.15, -0.1) is 0 Å². The summed E-state index contributed by atoms with van der Waals surface area (Å²) < 4.78 is 1.77. The Labute approximate surface area is 124 Å². The van der Waals surface area contributed by atoms with Crippen LogP contribution in [0.5, 0.6) is 0 Å². The number of aryl methyl sites for hydroxylation is 1. The molecule has 1 saturated heterocycles. The number of β-amino-alcohol motifs (C(OH)–C–C–N with tert-alkyl or cyclic N) is 1. The van der Waals surface area contributed by atoms with Crippen LogP contribution in [0.25, 0.3) is 11.0 Å². The molecule has 1 aliphatic heterocycles. The molecule has 2 aromatic heterocycles. The second-order valence-corrected chi connectivity index (χ2v) is 5.60. The Hall–Kier alpha value is -1.73. The van der Waals surface area contributed by atoms with E-state index >= 15 is 0 Å². The van der Waals surface area contributed by atoms with Gasteiger partial charge in [0.25, 0.3) is 0 Å². The Kier molecular flexibility index (Phi) is 4.03. The van der Waals surface area contributed by atoms with Crippen LogP contribution in [0.1, 0.15) is 25.6 Å². The molecule has 21 heavy (non-hydrogen) atoms. The molecule has 0 spiro atoms. The second-order valence-electron chi connectivity index (χ2n) is 5.60. The summed E-state index contributed by atoms with van der Waals surface area (Å²) in [5.41, 5.74) is 0.846. The predicted molar refractivity (Wildman–Crippen MR) is 81.0 cm³/mol. The number of hydrogen-bond donors (Lipinski definition) is 2. The summed E-state index contributed by atoms with van der Waals surface area (Å²) in [7, 11) is 1.89. The lowest BCUT2D eigenvalue weighted by molar-refractivity contribution is 0.174. The predicted octanol–water partition coefficient (Wildman–Crippen LogP) is 0.752. The number of nitrogens with zero attached hydrogens (tertiary/aromatic N) is 5. The van der Waals surface area contributed by atoms with Gasteiger partial charge in [-0.3, -0.25) is 9.58 Å². The van der Waals surface area contributed by atoms with Crippen LogP contribution in [0.2, 0.25) is 0 Å². The summed E-state index contributed by atoms with van der Waals surface area (Å²) in [6.45, 7) is 5.26. The van der Waals surface area contributed by atoms with Crippen molar-refractivity contribution < 1.29 is 5.11 Å². The summed E-state index contributed by atoms with van der Waals surface area (Å²) >= 11 is 0. The molecule has 7 nitrogen and oxygen atoms in total. The highest BCUT2D eigenvalue weighted by Crippen LogP contribution is 2.21. The molecule has 0 aliphatic carbocycles. The van der Waals surface area contributed by atoms with Crippen LogP contribution >= 0.6 is 0 Å². The number of anilines is 1. The van der Waals surface area contributed by atoms with Crippen molar-refractivity contribution in [1.82, 2.24) is 24.6 Å². The number of fused-ring (bicyclic) bond motifs is 1. The number of aliphatic hydroxyl groups excluding tert-OH is 1. The maximum absolute atomic E-state index is 9.62. The summed E-state index contributed by atoms with van der Waals surface area (Å²) in [6, 6.07) is 0. The van der Waals surface area contributed by atoms with Gasteiger partial charge in [-0.05, 0) is 12.8 Å². The molecule has 7 heteroatoms. The molecular formula is C14H22N6O. The Bertz CT molecular complexity index is 625. The van der Waals surface area contributed by atoms with E-state index in [2.05, 4.69) is 32.2 Å². The van der Waals surface area contributed by atoms with Crippen molar-refractivity contribution in [2.24, 2.45) is 7.05 Å². The molecule has 1 unspecified atom stereocenters. The zero-order valence-electron chi connectivity index (χ0n) is 12.6. The normalized spacial score (nSPS) is 19.5. The summed E-state index contributed by atoms with van der Waals surface area (Å²) in [4.78, 5) is 11.4. The van der Waals surface area contributed by atoms with Crippen LogP contribution in [-0.4, -0.2) is 55.5 Å². The number of rotatable bonds is 5. The van der Waals surface area contributed by atoms with Crippen LogP contribution < -0.4 is 5.32 Å². The van der Waals surface area contributed by atoms with Gasteiger partial charge in [0.15, 0.2) is 5.65 Å². The number of aliphatic hydroxyl groups is 1. The van der Waals surface area contributed by atoms with Crippen molar-refractivity contribution >= 4 is 16.9 Å². The average molecular weight is 290 g/mol. The monoisotopic (exact) mass is 290 g/mol. The molecule has 3 rings (SSSR count). The average Bonchev–Trinajstić information content (AvgIpc) is 3.03. The molecule has 0 radical (unpaired) electrons. The molecule has 114 valence electrons. The SMILES string of the molecule is CCCNc1nc(CN2CCC(O)C2)nc2c1cnn2C. The van der Waals surface area contributed by atoms with E-state index in [0.717, 1.165) is 48.6 Å². The fraction of sp³-hybridized carbons (Fsp3) is 0.643. The first-order valence-corrected chi connectivity index (χ1v) is 7.50. The molecule has 0 aromatic carbocycles. The van der Waals surface area contributed by atoms with Crippen molar-refractivity contribution in [2.45, 2.75) is 32.4 Å². The Balaban J connectivity index is 1.89. The van der Waals surface area contributed by atoms with Gasteiger partial charge < -0.3 is 10.4 Å². The number of aromatic nitrogens is 4. The molecule has 1 fully saturated rings. The van der Waals surface area contributed by atoms with Gasteiger partial charge in [-0.25, -0.2) is 9.97 Å². The standard InChI is InChI=1S/C14H22N6O/c1-3-5-15-13-11-7-16-19(2)14(11)18-12(17-13)9-20-6-4-10(21)8-20/h7,10,21H,3-6,8-9H2,1-2H3,(H,15,17,18). The highest BCUT2D eigenvalue weighted by molar-refractivity contribution is 5.86. The van der Waals surface area contributed by atoms with Crippen LogP contribution in [0.15, 0.2) is 6.20 Å². The number of hydrogen-bond acceptors (Lipinski definition) is 6. The third-order valence-corrected chi connectivity index (χ3v) is 3.79. The van der Waals surface area contributed by atoms with Gasteiger partial charge >= 0.3 is 0 Å². The minimum Gasteiger partial charge on any atom is -0.392 e. The first kappa shape index (κ1) is 14.2. The van der Waals surface area contributed by atoms with Gasteiger partial charge in [0.1, 0.15) is 11.6 Å². The topological polar surface area (TPSA) is 79.1 Å². The van der Waals surface area contributed by atoms with E-state index in [1.165, 1.54) is 0 Å². The molecule has 3 heterocycles. The van der Waals surface area contributed by atoms with Crippen molar-refractivity contribution in [3.63, 3.8) is 0 Å². The van der Waals surface area contributed by atoms with Gasteiger partial charge in [-0.1, -0.05) is 6.92 Å². The Morgan fingerprint density at radius 2 is 2.29 bits per heavy atom. The lowest BCUT2D eigenvalue weighted by Crippen LogP contribution is -2.23. The van der Waals surface area contributed by atoms with E-state index in [9.17, 15) is 5.11 Å². The lowest BCUT2D eigenvalue weighted by atomic mass is 10.3. The Morgan fingerprint density at radius 3 is 3.00 bits per heavy atom. The second kappa shape index (κ2) is 5.95. The fourth-order valence-electron chi connectivity index (χ4n) is 2.67. The third-order valence-electron chi connectivity index (χ3n) is 3.79. The number of likely N-dealkylation sites (tertiary alicyclic amines) is 1. The van der Waals surface area contributed by atoms with Gasteiger partial charge in [0.2, 0.25) is 0 Å². The molecule has 0 amide bonds. The lowest BCUT2D eigenvalue weighted by Gasteiger charge is -2.15. The maximum atomic E-state index is 9.62. The van der Waals surface area contributed by atoms with Gasteiger partial charge in [0.05, 0.1) is 24.2 Å². The highest BCUT2D eigenvalue weighted by Gasteiger charge is 2.21. The number of nitrogens with one attached hydrogen (secondary N) is 1. The zero-order valence-corrected chi connectivity index (χ0v) is 12.6. The van der Waals surface area contributed by atoms with E-state index in [1.807, 2.05) is 7.05 Å². The molecule has 0 bridgehead atoms. The minimum atomic E-state index is -0.219. The minimum absolute atomic E-state index is 0.219. The van der Waals surface area contributed by atoms with Crippen molar-refractivity contribution in [3.8, 4) is 0 Å². The highest BCUT2D eigenvalue weighted by atomic mass is 16.3. The molecule has 1 aliphatic rings. The largest absolute Gasteiger partial charge is 0.392 e. The van der Waals surface area contributed by atoms with Crippen LogP contribution in [0.4, 0.5) is 5.82 Å². The third kappa shape index (κ3) is 2.98. The quantitative estimate of drug-likeness (QED) is 0.846. The van der Waals surface area contributed by atoms with Crippen LogP contribution in [0.3, 0.4) is 0 Å². The van der Waals surface area contributed by atoms with Crippen molar-refractivity contribution in [1.29, 1.82) is 0 Å². The molecule has 2 N–H and O–H groups in total. The van der Waals surface area contributed by atoms with Crippen molar-refractivity contribution in [3.05, 3.63) is 12.0 Å². The van der Waals surface area contributed by atoms with E-state index in [1.54, 1.807) is 10.9 Å². The van der Waals surface area contributed by atoms with E-state index in [0.29, 0.717) is 13.1 Å². The fourth-order valence-corrected chi connectivity index (χ4v) is 2.67. The van der Waals surface area contributed by atoms with Gasteiger partial charge in [-0.2, -0.15) is 5.10 Å². The molecule has 2 aromatic rings. The summed E-state index contributed by atoms with van der Waals surface area (Å²) in [5, 5.41) is 18.2. The van der Waals surface area contributed by atoms with E-state index in [4.69, 9.17) is 0 Å². The molecular weight excluding hydrogens is 268 g/mol. The first-order valence-electron chi connectivity index (χ1n) is 7.50. The Morgan fingerprint density at radius 1 is 1.43 bits per heavy atom. The van der Waals surface area contributed by atoms with Crippen LogP contribution in [0, 0.1) is 0 Å². The molecule has 0 saturated carbocycles. The molecule has 1 atom stereocenters. The maximum Gasteiger partial charge on any atom is 0.163 e. The van der Waals surface area contributed by atoms with Crippen molar-refractivity contribution in [2.75, 3.05) is 25.0 Å². The van der Waals surface area contributed by atoms with Crippen LogP contribution in [-0.2, 0) is 13.6 Å². The van der Waals surface area contributed by atoms with E-state index < -0.39 is 0 Å². The first-order chi connectivity index (χ1) is 10.2. The zero-order chi connectivity index (χ0) is 14.8. The summed E-state index contributed by atoms with van der Waals surface area (Å²) in [5.74, 6) is 1.63. The van der Waals surface area contributed by atoms with E-state index in [-0.39, 0.29) is 6.10 Å². The van der Waals surface area contributed by atoms with Gasteiger partial charge in [0, 0.05) is 26.7 Å².